The molecule has 0 spiro atoms. The fourth-order valence-corrected chi connectivity index (χ4v) is 2.72. The molecule has 0 bridgehead atoms. The van der Waals surface area contributed by atoms with Gasteiger partial charge in [0.25, 0.3) is 5.91 Å². The number of ether oxygens (including phenoxy) is 3. The Morgan fingerprint density at radius 2 is 1.45 bits per heavy atom. The first-order chi connectivity index (χ1) is 14.1. The Balaban J connectivity index is 1.56. The number of carbonyl (C=O) groups excluding carboxylic acids is 2. The summed E-state index contributed by atoms with van der Waals surface area (Å²) in [6.45, 7) is -0.166. The number of rotatable bonds is 8. The lowest BCUT2D eigenvalue weighted by Crippen LogP contribution is -2.20. The highest BCUT2D eigenvalue weighted by Crippen LogP contribution is 2.29. The van der Waals surface area contributed by atoms with E-state index >= 15 is 0 Å². The number of carbonyl (C=O) groups is 2. The first-order valence-corrected chi connectivity index (χ1v) is 8.95. The van der Waals surface area contributed by atoms with Crippen LogP contribution in [0.25, 0.3) is 0 Å². The highest BCUT2D eigenvalue weighted by molar-refractivity contribution is 6.09. The van der Waals surface area contributed by atoms with Crippen molar-refractivity contribution in [1.29, 1.82) is 0 Å². The van der Waals surface area contributed by atoms with Crippen molar-refractivity contribution in [1.82, 2.24) is 0 Å². The number of benzene rings is 3. The van der Waals surface area contributed by atoms with Crippen molar-refractivity contribution in [2.75, 3.05) is 26.1 Å². The van der Waals surface area contributed by atoms with Crippen LogP contribution in [0.3, 0.4) is 0 Å². The van der Waals surface area contributed by atoms with E-state index < -0.39 is 0 Å². The van der Waals surface area contributed by atoms with Crippen LogP contribution < -0.4 is 19.5 Å². The zero-order valence-corrected chi connectivity index (χ0v) is 16.2. The zero-order chi connectivity index (χ0) is 20.6. The lowest BCUT2D eigenvalue weighted by atomic mass is 10.0. The molecule has 6 heteroatoms. The van der Waals surface area contributed by atoms with Crippen LogP contribution in [-0.2, 0) is 4.79 Å². The lowest BCUT2D eigenvalue weighted by molar-refractivity contribution is -0.118. The van der Waals surface area contributed by atoms with Crippen LogP contribution in [-0.4, -0.2) is 32.5 Å². The third kappa shape index (κ3) is 5.13. The molecule has 0 heterocycles. The second-order valence-corrected chi connectivity index (χ2v) is 6.13. The summed E-state index contributed by atoms with van der Waals surface area (Å²) in [5.41, 5.74) is 1.74. The zero-order valence-electron chi connectivity index (χ0n) is 16.2. The van der Waals surface area contributed by atoms with Crippen molar-refractivity contribution in [3.8, 4) is 17.2 Å². The van der Waals surface area contributed by atoms with Gasteiger partial charge in [-0.15, -0.1) is 0 Å². The molecule has 0 unspecified atom stereocenters. The summed E-state index contributed by atoms with van der Waals surface area (Å²) in [4.78, 5) is 24.5. The van der Waals surface area contributed by atoms with Crippen LogP contribution >= 0.6 is 0 Å². The summed E-state index contributed by atoms with van der Waals surface area (Å²) in [5.74, 6) is 1.21. The molecule has 1 N–H and O–H groups in total. The molecule has 0 fully saturated rings. The molecule has 0 atom stereocenters. The number of anilines is 1. The number of methoxy groups -OCH3 is 2. The molecule has 0 aliphatic carbocycles. The van der Waals surface area contributed by atoms with E-state index in [-0.39, 0.29) is 18.3 Å². The molecule has 1 amide bonds. The Bertz CT molecular complexity index is 984. The molecule has 0 aliphatic rings. The average Bonchev–Trinajstić information content (AvgIpc) is 2.78. The van der Waals surface area contributed by atoms with Crippen molar-refractivity contribution < 1.29 is 23.8 Å². The number of ketones is 1. The fraction of sp³-hybridized carbons (Fsp3) is 0.130. The van der Waals surface area contributed by atoms with Crippen molar-refractivity contribution >= 4 is 17.4 Å². The number of amides is 1. The van der Waals surface area contributed by atoms with E-state index in [0.29, 0.717) is 34.1 Å². The van der Waals surface area contributed by atoms with Gasteiger partial charge in [0.05, 0.1) is 14.2 Å². The second-order valence-electron chi connectivity index (χ2n) is 6.13. The summed E-state index contributed by atoms with van der Waals surface area (Å²) in [5, 5.41) is 2.74. The van der Waals surface area contributed by atoms with Gasteiger partial charge in [0, 0.05) is 22.9 Å². The van der Waals surface area contributed by atoms with Crippen molar-refractivity contribution in [3.63, 3.8) is 0 Å². The molecule has 0 saturated heterocycles. The van der Waals surface area contributed by atoms with Crippen LogP contribution in [0, 0.1) is 0 Å². The molecule has 6 nitrogen and oxygen atoms in total. The van der Waals surface area contributed by atoms with E-state index in [9.17, 15) is 9.59 Å². The number of nitrogens with one attached hydrogen (secondary N) is 1. The SMILES string of the molecule is COc1ccc(NC(=O)COc2ccc(C(=O)c3ccccc3)cc2)cc1OC. The van der Waals surface area contributed by atoms with E-state index in [1.807, 2.05) is 18.2 Å². The topological polar surface area (TPSA) is 73.9 Å². The predicted octanol–water partition coefficient (Wildman–Crippen LogP) is 3.95. The smallest absolute Gasteiger partial charge is 0.262 e. The van der Waals surface area contributed by atoms with Gasteiger partial charge in [0.15, 0.2) is 23.9 Å². The Kier molecular flexibility index (Phi) is 6.47. The Hall–Kier alpha value is -3.80. The highest BCUT2D eigenvalue weighted by atomic mass is 16.5. The summed E-state index contributed by atoms with van der Waals surface area (Å²) in [6, 6.07) is 20.8. The van der Waals surface area contributed by atoms with E-state index in [1.165, 1.54) is 7.11 Å². The van der Waals surface area contributed by atoms with Crippen LogP contribution in [0.2, 0.25) is 0 Å². The summed E-state index contributed by atoms with van der Waals surface area (Å²) < 4.78 is 15.9. The quantitative estimate of drug-likeness (QED) is 0.589. The molecular formula is C23H21NO5. The maximum atomic E-state index is 12.4. The van der Waals surface area contributed by atoms with Crippen LogP contribution in [0.5, 0.6) is 17.2 Å². The highest BCUT2D eigenvalue weighted by Gasteiger charge is 2.10. The van der Waals surface area contributed by atoms with Gasteiger partial charge >= 0.3 is 0 Å². The summed E-state index contributed by atoms with van der Waals surface area (Å²) >= 11 is 0. The van der Waals surface area contributed by atoms with Gasteiger partial charge in [-0.1, -0.05) is 30.3 Å². The van der Waals surface area contributed by atoms with E-state index in [0.717, 1.165) is 0 Å². The van der Waals surface area contributed by atoms with Gasteiger partial charge in [-0.3, -0.25) is 9.59 Å². The molecule has 3 rings (SSSR count). The van der Waals surface area contributed by atoms with E-state index in [4.69, 9.17) is 14.2 Å². The number of hydrogen-bond acceptors (Lipinski definition) is 5. The van der Waals surface area contributed by atoms with Crippen LogP contribution in [0.1, 0.15) is 15.9 Å². The summed E-state index contributed by atoms with van der Waals surface area (Å²) in [6.07, 6.45) is 0. The van der Waals surface area contributed by atoms with Gasteiger partial charge in [-0.2, -0.15) is 0 Å². The van der Waals surface area contributed by atoms with E-state index in [2.05, 4.69) is 5.32 Å². The summed E-state index contributed by atoms with van der Waals surface area (Å²) in [7, 11) is 3.07. The molecule has 0 saturated carbocycles. The first kappa shape index (κ1) is 19.9. The molecule has 3 aromatic rings. The van der Waals surface area contributed by atoms with Crippen LogP contribution in [0.4, 0.5) is 5.69 Å². The minimum Gasteiger partial charge on any atom is -0.493 e. The normalized spacial score (nSPS) is 10.1. The maximum absolute atomic E-state index is 12.4. The molecule has 0 aliphatic heterocycles. The van der Waals surface area contributed by atoms with Gasteiger partial charge in [-0.05, 0) is 36.4 Å². The van der Waals surface area contributed by atoms with Crippen molar-refractivity contribution in [2.24, 2.45) is 0 Å². The Morgan fingerprint density at radius 3 is 2.10 bits per heavy atom. The van der Waals surface area contributed by atoms with Crippen molar-refractivity contribution in [3.05, 3.63) is 83.9 Å². The monoisotopic (exact) mass is 391 g/mol. The van der Waals surface area contributed by atoms with Gasteiger partial charge < -0.3 is 19.5 Å². The van der Waals surface area contributed by atoms with Gasteiger partial charge in [-0.25, -0.2) is 0 Å². The minimum atomic E-state index is -0.318. The molecule has 148 valence electrons. The molecule has 29 heavy (non-hydrogen) atoms. The molecule has 0 aromatic heterocycles. The Labute approximate surface area is 169 Å². The fourth-order valence-electron chi connectivity index (χ4n) is 2.72. The van der Waals surface area contributed by atoms with Gasteiger partial charge in [0.1, 0.15) is 5.75 Å². The van der Waals surface area contributed by atoms with Gasteiger partial charge in [0.2, 0.25) is 0 Å². The maximum Gasteiger partial charge on any atom is 0.262 e. The second kappa shape index (κ2) is 9.41. The molecule has 0 radical (unpaired) electrons. The third-order valence-electron chi connectivity index (χ3n) is 4.19. The standard InChI is InChI=1S/C23H21NO5/c1-27-20-13-10-18(14-21(20)28-2)24-22(25)15-29-19-11-8-17(9-12-19)23(26)16-6-4-3-5-7-16/h3-14H,15H2,1-2H3,(H,24,25). The third-order valence-corrected chi connectivity index (χ3v) is 4.19. The lowest BCUT2D eigenvalue weighted by Gasteiger charge is -2.11. The Morgan fingerprint density at radius 1 is 0.793 bits per heavy atom. The van der Waals surface area contributed by atoms with E-state index in [1.54, 1.807) is 61.7 Å². The predicted molar refractivity (Wildman–Crippen MR) is 110 cm³/mol. The van der Waals surface area contributed by atoms with Crippen LogP contribution in [0.15, 0.2) is 72.8 Å². The minimum absolute atomic E-state index is 0.0663. The molecular weight excluding hydrogens is 370 g/mol. The molecule has 3 aromatic carbocycles. The first-order valence-electron chi connectivity index (χ1n) is 8.95. The largest absolute Gasteiger partial charge is 0.493 e. The average molecular weight is 391 g/mol. The van der Waals surface area contributed by atoms with Crippen molar-refractivity contribution in [2.45, 2.75) is 0 Å². The number of hydrogen-bond donors (Lipinski definition) is 1.